The van der Waals surface area contributed by atoms with Crippen molar-refractivity contribution < 1.29 is 26.4 Å². The second kappa shape index (κ2) is 10.00. The molecule has 0 saturated carbocycles. The number of carbonyl (C=O) groups is 2. The molecule has 0 spiro atoms. The maximum atomic E-state index is 13.1. The summed E-state index contributed by atoms with van der Waals surface area (Å²) in [6.45, 7) is 0.264. The van der Waals surface area contributed by atoms with Gasteiger partial charge in [-0.3, -0.25) is 9.59 Å². The Bertz CT molecular complexity index is 1360. The number of piperidine rings is 1. The molecule has 2 aromatic rings. The van der Waals surface area contributed by atoms with Gasteiger partial charge in [-0.25, -0.2) is 16.8 Å². The topological polar surface area (TPSA) is 144 Å². The zero-order valence-electron chi connectivity index (χ0n) is 19.4. The maximum Gasteiger partial charge on any atom is 0.251 e. The number of amides is 2. The SMILES string of the molecule is CS(=O)(=O)c1cccc(S(=O)(=O)N2CCC(C(=O)Nc3sc4c(c3C(N)=O)CCCCC4)CC2)c1. The molecule has 1 aliphatic heterocycles. The summed E-state index contributed by atoms with van der Waals surface area (Å²) >= 11 is 1.41. The fourth-order valence-electron chi connectivity index (χ4n) is 4.68. The van der Waals surface area contributed by atoms with Crippen LogP contribution < -0.4 is 11.1 Å². The van der Waals surface area contributed by atoms with Gasteiger partial charge in [0, 0.05) is 30.1 Å². The van der Waals surface area contributed by atoms with Crippen LogP contribution in [0.2, 0.25) is 0 Å². The van der Waals surface area contributed by atoms with Gasteiger partial charge in [-0.15, -0.1) is 11.3 Å². The third-order valence-electron chi connectivity index (χ3n) is 6.60. The molecule has 12 heteroatoms. The van der Waals surface area contributed by atoms with Gasteiger partial charge in [-0.05, 0) is 62.3 Å². The number of rotatable bonds is 6. The summed E-state index contributed by atoms with van der Waals surface area (Å²) in [7, 11) is -7.45. The molecular formula is C23H29N3O6S3. The van der Waals surface area contributed by atoms with Crippen molar-refractivity contribution in [2.75, 3.05) is 24.7 Å². The number of fused-ring (bicyclic) bond motifs is 1. The van der Waals surface area contributed by atoms with Crippen molar-refractivity contribution in [3.63, 3.8) is 0 Å². The summed E-state index contributed by atoms with van der Waals surface area (Å²) in [4.78, 5) is 26.1. The molecule has 1 saturated heterocycles. The van der Waals surface area contributed by atoms with Crippen LogP contribution in [0.4, 0.5) is 5.00 Å². The molecule has 1 aromatic carbocycles. The van der Waals surface area contributed by atoms with E-state index in [1.54, 1.807) is 0 Å². The van der Waals surface area contributed by atoms with E-state index in [4.69, 9.17) is 5.73 Å². The van der Waals surface area contributed by atoms with Crippen molar-refractivity contribution in [1.29, 1.82) is 0 Å². The van der Waals surface area contributed by atoms with Crippen LogP contribution in [0.3, 0.4) is 0 Å². The minimum Gasteiger partial charge on any atom is -0.365 e. The van der Waals surface area contributed by atoms with E-state index in [2.05, 4.69) is 5.32 Å². The summed E-state index contributed by atoms with van der Waals surface area (Å²) < 4.78 is 51.1. The standard InChI is InChI=1S/C23H29N3O6S3/c1-34(29,30)16-6-5-7-17(14-16)35(31,32)26-12-10-15(11-13-26)22(28)25-23-20(21(24)27)18-8-3-2-4-9-19(18)33-23/h5-7,14-15H,2-4,8-13H2,1H3,(H2,24,27)(H,25,28). The van der Waals surface area contributed by atoms with E-state index in [9.17, 15) is 26.4 Å². The molecule has 4 rings (SSSR count). The molecule has 2 aliphatic rings. The Morgan fingerprint density at radius 3 is 2.34 bits per heavy atom. The highest BCUT2D eigenvalue weighted by Crippen LogP contribution is 2.38. The van der Waals surface area contributed by atoms with Crippen LogP contribution in [-0.2, 0) is 37.5 Å². The van der Waals surface area contributed by atoms with Gasteiger partial charge < -0.3 is 11.1 Å². The monoisotopic (exact) mass is 539 g/mol. The fourth-order valence-corrected chi connectivity index (χ4v) is 8.23. The normalized spacial score (nSPS) is 18.0. The number of sulfonamides is 1. The third-order valence-corrected chi connectivity index (χ3v) is 10.8. The van der Waals surface area contributed by atoms with E-state index in [1.165, 1.54) is 33.8 Å². The van der Waals surface area contributed by atoms with Gasteiger partial charge in [0.05, 0.1) is 15.4 Å². The van der Waals surface area contributed by atoms with Gasteiger partial charge in [-0.2, -0.15) is 4.31 Å². The molecule has 1 fully saturated rings. The summed E-state index contributed by atoms with van der Waals surface area (Å²) in [5.41, 5.74) is 7.01. The lowest BCUT2D eigenvalue weighted by Gasteiger charge is -2.30. The molecule has 9 nitrogen and oxygen atoms in total. The van der Waals surface area contributed by atoms with Gasteiger partial charge in [0.25, 0.3) is 5.91 Å². The average molecular weight is 540 g/mol. The zero-order valence-corrected chi connectivity index (χ0v) is 21.9. The third kappa shape index (κ3) is 5.45. The Kier molecular flexibility index (Phi) is 7.37. The first-order chi connectivity index (χ1) is 16.5. The minimum absolute atomic E-state index is 0.0626. The van der Waals surface area contributed by atoms with Gasteiger partial charge in [0.15, 0.2) is 9.84 Å². The van der Waals surface area contributed by atoms with E-state index in [-0.39, 0.29) is 28.8 Å². The lowest BCUT2D eigenvalue weighted by molar-refractivity contribution is -0.120. The Balaban J connectivity index is 1.45. The van der Waals surface area contributed by atoms with E-state index in [0.717, 1.165) is 54.9 Å². The number of anilines is 1. The number of nitrogens with one attached hydrogen (secondary N) is 1. The molecule has 190 valence electrons. The van der Waals surface area contributed by atoms with Gasteiger partial charge >= 0.3 is 0 Å². The summed E-state index contributed by atoms with van der Waals surface area (Å²) in [6, 6.07) is 5.29. The first-order valence-corrected chi connectivity index (χ1v) is 15.7. The molecule has 2 amide bonds. The van der Waals surface area contributed by atoms with E-state index in [0.29, 0.717) is 23.4 Å². The van der Waals surface area contributed by atoms with Crippen LogP contribution in [0.25, 0.3) is 0 Å². The largest absolute Gasteiger partial charge is 0.365 e. The second-order valence-corrected chi connectivity index (χ2v) is 14.1. The number of hydrogen-bond donors (Lipinski definition) is 2. The van der Waals surface area contributed by atoms with Crippen molar-refractivity contribution in [2.45, 2.75) is 54.7 Å². The number of primary amides is 1. The molecule has 3 N–H and O–H groups in total. The van der Waals surface area contributed by atoms with E-state index in [1.807, 2.05) is 0 Å². The fraction of sp³-hybridized carbons (Fsp3) is 0.478. The number of sulfone groups is 1. The molecule has 0 bridgehead atoms. The van der Waals surface area contributed by atoms with Crippen LogP contribution in [0.5, 0.6) is 0 Å². The van der Waals surface area contributed by atoms with Crippen molar-refractivity contribution in [1.82, 2.24) is 4.31 Å². The number of thiophene rings is 1. The Morgan fingerprint density at radius 1 is 1.03 bits per heavy atom. The van der Waals surface area contributed by atoms with Crippen LogP contribution in [-0.4, -0.2) is 52.3 Å². The second-order valence-electron chi connectivity index (χ2n) is 9.05. The molecular weight excluding hydrogens is 510 g/mol. The first kappa shape index (κ1) is 25.8. The van der Waals surface area contributed by atoms with Crippen LogP contribution >= 0.6 is 11.3 Å². The van der Waals surface area contributed by atoms with Crippen molar-refractivity contribution in [3.8, 4) is 0 Å². The predicted molar refractivity (Wildman–Crippen MR) is 134 cm³/mol. The number of hydrogen-bond acceptors (Lipinski definition) is 7. The minimum atomic E-state index is -3.90. The smallest absolute Gasteiger partial charge is 0.251 e. The number of nitrogens with zero attached hydrogens (tertiary/aromatic N) is 1. The number of carbonyl (C=O) groups excluding carboxylic acids is 2. The number of nitrogens with two attached hydrogens (primary N) is 1. The van der Waals surface area contributed by atoms with Gasteiger partial charge in [-0.1, -0.05) is 12.5 Å². The van der Waals surface area contributed by atoms with E-state index < -0.39 is 31.7 Å². The zero-order chi connectivity index (χ0) is 25.4. The van der Waals surface area contributed by atoms with Crippen molar-refractivity contribution in [3.05, 3.63) is 40.3 Å². The summed E-state index contributed by atoms with van der Waals surface area (Å²) in [5, 5.41) is 3.38. The lowest BCUT2D eigenvalue weighted by Crippen LogP contribution is -2.41. The van der Waals surface area contributed by atoms with Crippen molar-refractivity contribution >= 4 is 48.0 Å². The molecule has 0 radical (unpaired) electrons. The maximum absolute atomic E-state index is 13.1. The number of benzene rings is 1. The van der Waals surface area contributed by atoms with Crippen LogP contribution in [0.15, 0.2) is 34.1 Å². The van der Waals surface area contributed by atoms with Crippen LogP contribution in [0.1, 0.15) is 52.9 Å². The molecule has 1 aliphatic carbocycles. The Hall–Kier alpha value is -2.28. The predicted octanol–water partition coefficient (Wildman–Crippen LogP) is 2.56. The molecule has 1 aromatic heterocycles. The lowest BCUT2D eigenvalue weighted by atomic mass is 9.97. The van der Waals surface area contributed by atoms with Crippen LogP contribution in [0, 0.1) is 5.92 Å². The molecule has 2 heterocycles. The Morgan fingerprint density at radius 2 is 1.69 bits per heavy atom. The first-order valence-electron chi connectivity index (χ1n) is 11.5. The van der Waals surface area contributed by atoms with Gasteiger partial charge in [0.1, 0.15) is 5.00 Å². The van der Waals surface area contributed by atoms with E-state index >= 15 is 0 Å². The van der Waals surface area contributed by atoms with Crippen molar-refractivity contribution in [2.24, 2.45) is 11.7 Å². The highest BCUT2D eigenvalue weighted by molar-refractivity contribution is 7.91. The number of aryl methyl sites for hydroxylation is 1. The summed E-state index contributed by atoms with van der Waals surface area (Å²) in [6.07, 6.45) is 6.42. The average Bonchev–Trinajstić information content (AvgIpc) is 2.99. The highest BCUT2D eigenvalue weighted by Gasteiger charge is 2.33. The molecule has 0 unspecified atom stereocenters. The quantitative estimate of drug-likeness (QED) is 0.540. The van der Waals surface area contributed by atoms with Gasteiger partial charge in [0.2, 0.25) is 15.9 Å². The summed E-state index contributed by atoms with van der Waals surface area (Å²) in [5.74, 6) is -1.21. The molecule has 35 heavy (non-hydrogen) atoms. The molecule has 0 atom stereocenters. The Labute approximate surface area is 209 Å². The highest BCUT2D eigenvalue weighted by atomic mass is 32.2.